The van der Waals surface area contributed by atoms with Gasteiger partial charge in [-0.1, -0.05) is 39.7 Å². The summed E-state index contributed by atoms with van der Waals surface area (Å²) < 4.78 is 0. The highest BCUT2D eigenvalue weighted by Gasteiger charge is 2.16. The third kappa shape index (κ3) is 4.99. The second kappa shape index (κ2) is 7.80. The zero-order valence-electron chi connectivity index (χ0n) is 10.8. The largest absolute Gasteiger partial charge is 0.340 e. The van der Waals surface area contributed by atoms with E-state index in [0.717, 1.165) is 23.9 Å². The lowest BCUT2D eigenvalue weighted by Crippen LogP contribution is -2.38. The van der Waals surface area contributed by atoms with Crippen LogP contribution in [-0.2, 0) is 11.2 Å². The second-order valence-electron chi connectivity index (χ2n) is 4.53. The summed E-state index contributed by atoms with van der Waals surface area (Å²) in [6.45, 7) is 4.90. The number of halogens is 2. The molecule has 0 unspecified atom stereocenters. The van der Waals surface area contributed by atoms with Crippen LogP contribution in [0.2, 0.25) is 5.02 Å². The van der Waals surface area contributed by atoms with Crippen LogP contribution in [0.5, 0.6) is 0 Å². The van der Waals surface area contributed by atoms with Crippen molar-refractivity contribution in [3.8, 4) is 0 Å². The Morgan fingerprint density at radius 3 is 2.44 bits per heavy atom. The fraction of sp³-hybridized carbons (Fsp3) is 0.500. The summed E-state index contributed by atoms with van der Waals surface area (Å²) >= 11 is 9.23. The van der Waals surface area contributed by atoms with E-state index < -0.39 is 0 Å². The highest BCUT2D eigenvalue weighted by Crippen LogP contribution is 2.12. The monoisotopic (exact) mass is 331 g/mol. The molecule has 0 aliphatic rings. The van der Waals surface area contributed by atoms with Crippen LogP contribution in [0.3, 0.4) is 0 Å². The number of amides is 1. The molecule has 0 fully saturated rings. The number of alkyl halides is 1. The zero-order valence-corrected chi connectivity index (χ0v) is 13.2. The van der Waals surface area contributed by atoms with E-state index in [2.05, 4.69) is 15.9 Å². The molecule has 0 heterocycles. The highest BCUT2D eigenvalue weighted by molar-refractivity contribution is 9.09. The Morgan fingerprint density at radius 1 is 1.33 bits per heavy atom. The number of benzene rings is 1. The van der Waals surface area contributed by atoms with E-state index in [1.165, 1.54) is 0 Å². The number of carbonyl (C=O) groups is 1. The Morgan fingerprint density at radius 2 is 1.94 bits per heavy atom. The van der Waals surface area contributed by atoms with Crippen LogP contribution >= 0.6 is 27.5 Å². The van der Waals surface area contributed by atoms with Gasteiger partial charge >= 0.3 is 0 Å². The van der Waals surface area contributed by atoms with Crippen molar-refractivity contribution in [1.29, 1.82) is 0 Å². The zero-order chi connectivity index (χ0) is 13.5. The van der Waals surface area contributed by atoms with Crippen LogP contribution in [0.4, 0.5) is 0 Å². The van der Waals surface area contributed by atoms with Gasteiger partial charge in [0.2, 0.25) is 5.91 Å². The van der Waals surface area contributed by atoms with Crippen molar-refractivity contribution in [2.24, 2.45) is 0 Å². The van der Waals surface area contributed by atoms with E-state index in [9.17, 15) is 4.79 Å². The van der Waals surface area contributed by atoms with Gasteiger partial charge in [0.1, 0.15) is 0 Å². The van der Waals surface area contributed by atoms with Crippen molar-refractivity contribution < 1.29 is 4.79 Å². The lowest BCUT2D eigenvalue weighted by molar-refractivity contribution is -0.132. The quantitative estimate of drug-likeness (QED) is 0.723. The molecular weight excluding hydrogens is 314 g/mol. The molecule has 1 aromatic carbocycles. The number of rotatable bonds is 6. The number of hydrogen-bond donors (Lipinski definition) is 0. The van der Waals surface area contributed by atoms with Gasteiger partial charge in [-0.15, -0.1) is 0 Å². The summed E-state index contributed by atoms with van der Waals surface area (Å²) in [5.41, 5.74) is 1.01. The Hall–Kier alpha value is -0.540. The predicted octanol–water partition coefficient (Wildman–Crippen LogP) is 3.90. The maximum Gasteiger partial charge on any atom is 0.227 e. The SMILES string of the molecule is CC(C)N(CCCBr)C(=O)Cc1ccc(Cl)cc1. The number of hydrogen-bond acceptors (Lipinski definition) is 1. The van der Waals surface area contributed by atoms with Gasteiger partial charge in [-0.3, -0.25) is 4.79 Å². The molecule has 0 aliphatic heterocycles. The van der Waals surface area contributed by atoms with Crippen LogP contribution in [0.1, 0.15) is 25.8 Å². The lowest BCUT2D eigenvalue weighted by Gasteiger charge is -2.26. The minimum absolute atomic E-state index is 0.174. The molecule has 0 saturated carbocycles. The third-order valence-electron chi connectivity index (χ3n) is 2.74. The Bertz CT molecular complexity index is 378. The molecule has 100 valence electrons. The molecule has 18 heavy (non-hydrogen) atoms. The maximum absolute atomic E-state index is 12.2. The minimum atomic E-state index is 0.174. The molecule has 0 aromatic heterocycles. The molecule has 0 atom stereocenters. The van der Waals surface area contributed by atoms with Crippen molar-refractivity contribution in [2.75, 3.05) is 11.9 Å². The molecular formula is C14H19BrClNO. The summed E-state index contributed by atoms with van der Waals surface area (Å²) in [5.74, 6) is 0.174. The Kier molecular flexibility index (Phi) is 6.72. The van der Waals surface area contributed by atoms with Crippen molar-refractivity contribution in [1.82, 2.24) is 4.90 Å². The summed E-state index contributed by atoms with van der Waals surface area (Å²) in [4.78, 5) is 14.1. The molecule has 0 spiro atoms. The number of carbonyl (C=O) groups excluding carboxylic acids is 1. The van der Waals surface area contributed by atoms with Gasteiger partial charge < -0.3 is 4.90 Å². The fourth-order valence-electron chi connectivity index (χ4n) is 1.78. The lowest BCUT2D eigenvalue weighted by atomic mass is 10.1. The van der Waals surface area contributed by atoms with Gasteiger partial charge in [0.15, 0.2) is 0 Å². The average Bonchev–Trinajstić information content (AvgIpc) is 2.32. The molecule has 0 saturated heterocycles. The molecule has 1 aromatic rings. The molecule has 0 N–H and O–H groups in total. The first-order valence-electron chi connectivity index (χ1n) is 6.14. The summed E-state index contributed by atoms with van der Waals surface area (Å²) in [6, 6.07) is 7.70. The average molecular weight is 333 g/mol. The minimum Gasteiger partial charge on any atom is -0.340 e. The molecule has 1 amide bonds. The smallest absolute Gasteiger partial charge is 0.227 e. The molecule has 4 heteroatoms. The summed E-state index contributed by atoms with van der Waals surface area (Å²) in [6.07, 6.45) is 1.42. The predicted molar refractivity (Wildman–Crippen MR) is 80.4 cm³/mol. The first-order valence-corrected chi connectivity index (χ1v) is 7.64. The molecule has 2 nitrogen and oxygen atoms in total. The molecule has 0 bridgehead atoms. The van der Waals surface area contributed by atoms with Crippen molar-refractivity contribution in [2.45, 2.75) is 32.7 Å². The normalized spacial score (nSPS) is 10.7. The Balaban J connectivity index is 2.63. The van der Waals surface area contributed by atoms with Crippen LogP contribution in [0, 0.1) is 0 Å². The van der Waals surface area contributed by atoms with Crippen LogP contribution in [-0.4, -0.2) is 28.7 Å². The van der Waals surface area contributed by atoms with Gasteiger partial charge in [0, 0.05) is 22.9 Å². The number of nitrogens with zero attached hydrogens (tertiary/aromatic N) is 1. The fourth-order valence-corrected chi connectivity index (χ4v) is 2.16. The van der Waals surface area contributed by atoms with E-state index in [1.807, 2.05) is 43.0 Å². The van der Waals surface area contributed by atoms with Gasteiger partial charge in [-0.05, 0) is 38.0 Å². The standard InChI is InChI=1S/C14H19BrClNO/c1-11(2)17(9-3-8-15)14(18)10-12-4-6-13(16)7-5-12/h4-7,11H,3,8-10H2,1-2H3. The van der Waals surface area contributed by atoms with E-state index in [-0.39, 0.29) is 11.9 Å². The van der Waals surface area contributed by atoms with Gasteiger partial charge in [0.25, 0.3) is 0 Å². The molecule has 0 radical (unpaired) electrons. The van der Waals surface area contributed by atoms with E-state index >= 15 is 0 Å². The van der Waals surface area contributed by atoms with Crippen molar-refractivity contribution in [3.63, 3.8) is 0 Å². The first kappa shape index (κ1) is 15.5. The first-order chi connectivity index (χ1) is 8.54. The second-order valence-corrected chi connectivity index (χ2v) is 5.76. The van der Waals surface area contributed by atoms with E-state index in [1.54, 1.807) is 0 Å². The van der Waals surface area contributed by atoms with E-state index in [0.29, 0.717) is 11.4 Å². The highest BCUT2D eigenvalue weighted by atomic mass is 79.9. The Labute approximate surface area is 122 Å². The van der Waals surface area contributed by atoms with Gasteiger partial charge in [-0.2, -0.15) is 0 Å². The van der Waals surface area contributed by atoms with Gasteiger partial charge in [-0.25, -0.2) is 0 Å². The van der Waals surface area contributed by atoms with Gasteiger partial charge in [0.05, 0.1) is 6.42 Å². The van der Waals surface area contributed by atoms with Crippen LogP contribution in [0.15, 0.2) is 24.3 Å². The third-order valence-corrected chi connectivity index (χ3v) is 3.56. The maximum atomic E-state index is 12.2. The summed E-state index contributed by atoms with van der Waals surface area (Å²) in [7, 11) is 0. The van der Waals surface area contributed by atoms with Crippen molar-refractivity contribution >= 4 is 33.4 Å². The van der Waals surface area contributed by atoms with Crippen LogP contribution in [0.25, 0.3) is 0 Å². The molecule has 1 rings (SSSR count). The van der Waals surface area contributed by atoms with Crippen LogP contribution < -0.4 is 0 Å². The topological polar surface area (TPSA) is 20.3 Å². The van der Waals surface area contributed by atoms with Crippen molar-refractivity contribution in [3.05, 3.63) is 34.9 Å². The summed E-state index contributed by atoms with van der Waals surface area (Å²) in [5, 5.41) is 1.62. The van der Waals surface area contributed by atoms with E-state index in [4.69, 9.17) is 11.6 Å². The molecule has 0 aliphatic carbocycles.